The Morgan fingerprint density at radius 2 is 1.86 bits per heavy atom. The molecule has 0 aromatic heterocycles. The van der Waals surface area contributed by atoms with Crippen molar-refractivity contribution < 1.29 is 19.2 Å². The number of nitrogens with one attached hydrogen (secondary N) is 1. The average Bonchev–Trinajstić information content (AvgIpc) is 2.94. The van der Waals surface area contributed by atoms with E-state index in [9.17, 15) is 19.2 Å². The third kappa shape index (κ3) is 3.31. The zero-order valence-corrected chi connectivity index (χ0v) is 16.5. The molecule has 3 atom stereocenters. The summed E-state index contributed by atoms with van der Waals surface area (Å²) in [5.74, 6) is -1.42. The Balaban J connectivity index is 1.63. The zero-order chi connectivity index (χ0) is 20.7. The van der Waals surface area contributed by atoms with E-state index in [0.717, 1.165) is 36.4 Å². The number of benzene rings is 1. The zero-order valence-electron chi connectivity index (χ0n) is 16.5. The molecule has 8 nitrogen and oxygen atoms in total. The van der Waals surface area contributed by atoms with Gasteiger partial charge in [0.1, 0.15) is 6.04 Å². The minimum atomic E-state index is -0.941. The van der Waals surface area contributed by atoms with Gasteiger partial charge >= 0.3 is 0 Å². The maximum atomic E-state index is 13.0. The van der Waals surface area contributed by atoms with Crippen molar-refractivity contribution in [3.63, 3.8) is 0 Å². The van der Waals surface area contributed by atoms with Crippen molar-refractivity contribution >= 4 is 29.3 Å². The Morgan fingerprint density at radius 1 is 1.10 bits per heavy atom. The van der Waals surface area contributed by atoms with E-state index in [-0.39, 0.29) is 18.7 Å². The monoisotopic (exact) mass is 398 g/mol. The van der Waals surface area contributed by atoms with Crippen molar-refractivity contribution in [2.75, 3.05) is 18.0 Å². The summed E-state index contributed by atoms with van der Waals surface area (Å²) in [6.45, 7) is 3.70. The van der Waals surface area contributed by atoms with Crippen molar-refractivity contribution in [1.29, 1.82) is 0 Å². The molecule has 8 heteroatoms. The first-order chi connectivity index (χ1) is 13.9. The van der Waals surface area contributed by atoms with E-state index >= 15 is 0 Å². The second-order valence-corrected chi connectivity index (χ2v) is 8.13. The fourth-order valence-electron chi connectivity index (χ4n) is 4.82. The standard InChI is InChI=1S/C21H26N4O4/c1-12-3-2-10-24(16(12)8-9-22)13-4-5-14-15(11-13)21(29)25(20(14)28)17-6-7-18(26)23-19(17)27/h4-5,11-12,16-17H,2-3,6-10,22H2,1H3,(H,23,26,27). The van der Waals surface area contributed by atoms with E-state index in [4.69, 9.17) is 5.73 Å². The van der Waals surface area contributed by atoms with Gasteiger partial charge in [0.2, 0.25) is 11.8 Å². The van der Waals surface area contributed by atoms with Crippen LogP contribution in [-0.2, 0) is 9.59 Å². The molecule has 0 spiro atoms. The highest BCUT2D eigenvalue weighted by Crippen LogP contribution is 2.34. The van der Waals surface area contributed by atoms with Crippen LogP contribution in [-0.4, -0.2) is 53.7 Å². The molecular formula is C21H26N4O4. The molecule has 2 fully saturated rings. The van der Waals surface area contributed by atoms with Gasteiger partial charge in [0.15, 0.2) is 0 Å². The lowest BCUT2D eigenvalue weighted by Gasteiger charge is -2.41. The van der Waals surface area contributed by atoms with Gasteiger partial charge in [0, 0.05) is 24.7 Å². The average molecular weight is 398 g/mol. The quantitative estimate of drug-likeness (QED) is 0.733. The summed E-state index contributed by atoms with van der Waals surface area (Å²) in [5.41, 5.74) is 7.36. The minimum Gasteiger partial charge on any atom is -0.368 e. The molecule has 3 aliphatic rings. The molecule has 1 aromatic rings. The van der Waals surface area contributed by atoms with E-state index in [1.165, 1.54) is 0 Å². The van der Waals surface area contributed by atoms with Crippen LogP contribution in [0, 0.1) is 5.92 Å². The number of fused-ring (bicyclic) bond motifs is 1. The molecule has 0 radical (unpaired) electrons. The molecule has 0 bridgehead atoms. The SMILES string of the molecule is CC1CCCN(c2ccc3c(c2)C(=O)N(C2CCC(=O)NC2=O)C3=O)C1CCN. The van der Waals surface area contributed by atoms with E-state index in [1.807, 2.05) is 6.07 Å². The van der Waals surface area contributed by atoms with Gasteiger partial charge in [-0.25, -0.2) is 0 Å². The lowest BCUT2D eigenvalue weighted by Crippen LogP contribution is -2.54. The van der Waals surface area contributed by atoms with Gasteiger partial charge in [-0.1, -0.05) is 6.92 Å². The van der Waals surface area contributed by atoms with Crippen LogP contribution in [0.1, 0.15) is 59.7 Å². The smallest absolute Gasteiger partial charge is 0.262 e. The van der Waals surface area contributed by atoms with Crippen molar-refractivity contribution in [2.24, 2.45) is 11.7 Å². The van der Waals surface area contributed by atoms with Crippen LogP contribution in [0.3, 0.4) is 0 Å². The predicted molar refractivity (Wildman–Crippen MR) is 106 cm³/mol. The highest BCUT2D eigenvalue weighted by Gasteiger charge is 2.45. The minimum absolute atomic E-state index is 0.113. The molecule has 3 aliphatic heterocycles. The fraction of sp³-hybridized carbons (Fsp3) is 0.524. The Hall–Kier alpha value is -2.74. The first-order valence-corrected chi connectivity index (χ1v) is 10.2. The molecule has 3 heterocycles. The van der Waals surface area contributed by atoms with Crippen LogP contribution in [0.5, 0.6) is 0 Å². The third-order valence-corrected chi connectivity index (χ3v) is 6.33. The number of piperidine rings is 2. The number of hydrogen-bond acceptors (Lipinski definition) is 6. The molecule has 0 aliphatic carbocycles. The summed E-state index contributed by atoms with van der Waals surface area (Å²) in [4.78, 5) is 52.8. The van der Waals surface area contributed by atoms with Gasteiger partial charge in [-0.05, 0) is 56.3 Å². The number of rotatable bonds is 4. The number of carbonyl (C=O) groups excluding carboxylic acids is 4. The van der Waals surface area contributed by atoms with E-state index in [0.29, 0.717) is 29.6 Å². The summed E-state index contributed by atoms with van der Waals surface area (Å²) in [5, 5.41) is 2.22. The van der Waals surface area contributed by atoms with Gasteiger partial charge in [-0.3, -0.25) is 29.4 Å². The van der Waals surface area contributed by atoms with Crippen molar-refractivity contribution in [3.05, 3.63) is 29.3 Å². The van der Waals surface area contributed by atoms with Crippen molar-refractivity contribution in [1.82, 2.24) is 10.2 Å². The Kier molecular flexibility index (Phi) is 5.12. The van der Waals surface area contributed by atoms with Gasteiger partial charge in [0.05, 0.1) is 11.1 Å². The summed E-state index contributed by atoms with van der Waals surface area (Å²) in [7, 11) is 0. The van der Waals surface area contributed by atoms with Gasteiger partial charge in [-0.15, -0.1) is 0 Å². The lowest BCUT2D eigenvalue weighted by molar-refractivity contribution is -0.136. The van der Waals surface area contributed by atoms with E-state index in [2.05, 4.69) is 17.1 Å². The maximum Gasteiger partial charge on any atom is 0.262 e. The number of amides is 4. The molecular weight excluding hydrogens is 372 g/mol. The van der Waals surface area contributed by atoms with Crippen LogP contribution in [0.2, 0.25) is 0 Å². The van der Waals surface area contributed by atoms with Crippen LogP contribution in [0.4, 0.5) is 5.69 Å². The van der Waals surface area contributed by atoms with Crippen LogP contribution < -0.4 is 16.0 Å². The van der Waals surface area contributed by atoms with Gasteiger partial charge < -0.3 is 10.6 Å². The van der Waals surface area contributed by atoms with Crippen LogP contribution in [0.25, 0.3) is 0 Å². The fourth-order valence-corrected chi connectivity index (χ4v) is 4.82. The molecule has 4 amide bonds. The van der Waals surface area contributed by atoms with Crippen LogP contribution in [0.15, 0.2) is 18.2 Å². The largest absolute Gasteiger partial charge is 0.368 e. The van der Waals surface area contributed by atoms with E-state index in [1.54, 1.807) is 12.1 Å². The predicted octanol–water partition coefficient (Wildman–Crippen LogP) is 1.04. The van der Waals surface area contributed by atoms with Crippen molar-refractivity contribution in [2.45, 2.75) is 51.1 Å². The topological polar surface area (TPSA) is 113 Å². The summed E-state index contributed by atoms with van der Waals surface area (Å²) < 4.78 is 0. The normalized spacial score (nSPS) is 27.3. The summed E-state index contributed by atoms with van der Waals surface area (Å²) in [6.07, 6.45) is 3.35. The molecule has 29 heavy (non-hydrogen) atoms. The number of imide groups is 2. The first-order valence-electron chi connectivity index (χ1n) is 10.2. The molecule has 1 aromatic carbocycles. The molecule has 154 valence electrons. The second-order valence-electron chi connectivity index (χ2n) is 8.13. The lowest BCUT2D eigenvalue weighted by atomic mass is 9.88. The van der Waals surface area contributed by atoms with Crippen LogP contribution >= 0.6 is 0 Å². The highest BCUT2D eigenvalue weighted by molar-refractivity contribution is 6.23. The number of hydrogen-bond donors (Lipinski definition) is 2. The summed E-state index contributed by atoms with van der Waals surface area (Å²) >= 11 is 0. The Morgan fingerprint density at radius 3 is 2.59 bits per heavy atom. The third-order valence-electron chi connectivity index (χ3n) is 6.33. The highest BCUT2D eigenvalue weighted by atomic mass is 16.2. The number of nitrogens with zero attached hydrogens (tertiary/aromatic N) is 2. The van der Waals surface area contributed by atoms with E-state index < -0.39 is 23.8 Å². The molecule has 4 rings (SSSR count). The number of nitrogens with two attached hydrogens (primary N) is 1. The maximum absolute atomic E-state index is 13.0. The van der Waals surface area contributed by atoms with Crippen molar-refractivity contribution in [3.8, 4) is 0 Å². The molecule has 0 saturated carbocycles. The Labute approximate surface area is 169 Å². The first kappa shape index (κ1) is 19.6. The van der Waals surface area contributed by atoms with Gasteiger partial charge in [-0.2, -0.15) is 0 Å². The molecule has 2 saturated heterocycles. The summed E-state index contributed by atoms with van der Waals surface area (Å²) in [6, 6.07) is 4.67. The number of anilines is 1. The second kappa shape index (κ2) is 7.59. The van der Waals surface area contributed by atoms with Gasteiger partial charge in [0.25, 0.3) is 11.8 Å². The Bertz CT molecular complexity index is 883. The molecule has 3 N–H and O–H groups in total. The molecule has 3 unspecified atom stereocenters. The number of carbonyl (C=O) groups is 4.